The van der Waals surface area contributed by atoms with Crippen molar-refractivity contribution < 1.29 is 21.6 Å². The van der Waals surface area contributed by atoms with Crippen LogP contribution in [0.5, 0.6) is 0 Å². The quantitative estimate of drug-likeness (QED) is 0.621. The summed E-state index contributed by atoms with van der Waals surface area (Å²) in [5.41, 5.74) is 0.911. The lowest BCUT2D eigenvalue weighted by atomic mass is 10.1. The maximum Gasteiger partial charge on any atom is 0.247 e. The van der Waals surface area contributed by atoms with Crippen LogP contribution in [-0.2, 0) is 16.6 Å². The Morgan fingerprint density at radius 3 is 2.45 bits per heavy atom. The maximum atomic E-state index is 13.9. The Kier molecular flexibility index (Phi) is 5.02. The Labute approximate surface area is 170 Å². The van der Waals surface area contributed by atoms with Crippen molar-refractivity contribution in [2.75, 3.05) is 5.32 Å². The van der Waals surface area contributed by atoms with E-state index in [1.807, 2.05) is 0 Å². The van der Waals surface area contributed by atoms with Crippen LogP contribution in [0.3, 0.4) is 0 Å². The summed E-state index contributed by atoms with van der Waals surface area (Å²) >= 11 is 6.09. The predicted molar refractivity (Wildman–Crippen MR) is 103 cm³/mol. The molecule has 1 N–H and O–H groups in total. The van der Waals surface area contributed by atoms with Crippen molar-refractivity contribution in [1.82, 2.24) is 4.31 Å². The number of para-hydroxylation sites is 1. The van der Waals surface area contributed by atoms with Gasteiger partial charge in [0.1, 0.15) is 16.9 Å². The zero-order valence-corrected chi connectivity index (χ0v) is 16.3. The van der Waals surface area contributed by atoms with E-state index in [-0.39, 0.29) is 22.0 Å². The van der Waals surface area contributed by atoms with Crippen LogP contribution in [0.1, 0.15) is 17.3 Å². The van der Waals surface area contributed by atoms with E-state index in [2.05, 4.69) is 5.32 Å². The van der Waals surface area contributed by atoms with Gasteiger partial charge in [-0.05, 0) is 47.5 Å². The van der Waals surface area contributed by atoms with E-state index in [1.54, 1.807) is 18.2 Å². The topological polar surface area (TPSA) is 49.4 Å². The molecule has 9 heteroatoms. The van der Waals surface area contributed by atoms with Crippen LogP contribution in [0.4, 0.5) is 18.9 Å². The van der Waals surface area contributed by atoms with Gasteiger partial charge in [0, 0.05) is 11.6 Å². The van der Waals surface area contributed by atoms with E-state index in [4.69, 9.17) is 11.6 Å². The molecule has 1 atom stereocenters. The van der Waals surface area contributed by atoms with Gasteiger partial charge < -0.3 is 5.32 Å². The number of sulfonamides is 1. The molecular weight excluding hydrogens is 425 g/mol. The number of nitrogens with zero attached hydrogens (tertiary/aromatic N) is 1. The Morgan fingerprint density at radius 2 is 1.72 bits per heavy atom. The van der Waals surface area contributed by atoms with E-state index in [0.717, 1.165) is 22.5 Å². The lowest BCUT2D eigenvalue weighted by Crippen LogP contribution is -2.42. The van der Waals surface area contributed by atoms with Gasteiger partial charge >= 0.3 is 0 Å². The highest BCUT2D eigenvalue weighted by Crippen LogP contribution is 2.40. The molecule has 0 spiro atoms. The molecule has 0 fully saturated rings. The molecule has 0 radical (unpaired) electrons. The molecule has 0 aromatic heterocycles. The van der Waals surface area contributed by atoms with Gasteiger partial charge in [-0.25, -0.2) is 21.6 Å². The van der Waals surface area contributed by atoms with Crippen LogP contribution in [-0.4, -0.2) is 12.7 Å². The second-order valence-corrected chi connectivity index (χ2v) is 8.77. The fraction of sp³-hybridized carbons (Fsp3) is 0.100. The fourth-order valence-corrected chi connectivity index (χ4v) is 5.12. The molecule has 150 valence electrons. The molecule has 1 aliphatic rings. The lowest BCUT2D eigenvalue weighted by Gasteiger charge is -2.37. The summed E-state index contributed by atoms with van der Waals surface area (Å²) in [4.78, 5) is 0.0390. The van der Waals surface area contributed by atoms with Gasteiger partial charge in [-0.2, -0.15) is 4.31 Å². The monoisotopic (exact) mass is 438 g/mol. The first-order valence-electron chi connectivity index (χ1n) is 8.53. The van der Waals surface area contributed by atoms with Crippen molar-refractivity contribution in [2.45, 2.75) is 17.6 Å². The smallest absolute Gasteiger partial charge is 0.247 e. The number of fused-ring (bicyclic) bond motifs is 1. The van der Waals surface area contributed by atoms with Crippen LogP contribution < -0.4 is 5.32 Å². The van der Waals surface area contributed by atoms with E-state index in [9.17, 15) is 21.6 Å². The molecule has 3 aromatic rings. The number of hydrogen-bond acceptors (Lipinski definition) is 3. The molecule has 0 amide bonds. The Hall–Kier alpha value is -2.55. The highest BCUT2D eigenvalue weighted by molar-refractivity contribution is 7.89. The van der Waals surface area contributed by atoms with Crippen LogP contribution in [0.2, 0.25) is 5.02 Å². The van der Waals surface area contributed by atoms with E-state index < -0.39 is 33.6 Å². The Balaban J connectivity index is 1.85. The first-order valence-corrected chi connectivity index (χ1v) is 10.4. The van der Waals surface area contributed by atoms with Gasteiger partial charge in [-0.1, -0.05) is 35.9 Å². The third-order valence-corrected chi connectivity index (χ3v) is 6.88. The molecule has 0 saturated heterocycles. The van der Waals surface area contributed by atoms with E-state index in [1.165, 1.54) is 24.3 Å². The van der Waals surface area contributed by atoms with Gasteiger partial charge in [-0.3, -0.25) is 0 Å². The fourth-order valence-electron chi connectivity index (χ4n) is 3.22. The zero-order valence-electron chi connectivity index (χ0n) is 14.7. The van der Waals surface area contributed by atoms with Crippen molar-refractivity contribution in [2.24, 2.45) is 0 Å². The van der Waals surface area contributed by atoms with Gasteiger partial charge in [0.25, 0.3) is 0 Å². The third kappa shape index (κ3) is 3.59. The molecule has 0 saturated carbocycles. The van der Waals surface area contributed by atoms with Gasteiger partial charge in [0.05, 0.1) is 5.69 Å². The number of hydrogen-bond donors (Lipinski definition) is 1. The molecule has 4 nitrogen and oxygen atoms in total. The minimum Gasteiger partial charge on any atom is -0.364 e. The predicted octanol–water partition coefficient (Wildman–Crippen LogP) is 5.07. The molecule has 0 unspecified atom stereocenters. The average Bonchev–Trinajstić information content (AvgIpc) is 2.68. The van der Waals surface area contributed by atoms with Crippen molar-refractivity contribution in [3.05, 3.63) is 94.3 Å². The van der Waals surface area contributed by atoms with Crippen LogP contribution in [0, 0.1) is 17.5 Å². The second kappa shape index (κ2) is 7.37. The SMILES string of the molecule is O=S1(=O)c2ccccc2N[C@@H](c2ccc(F)c(F)c2)N1Cc1ccc(F)cc1Cl. The van der Waals surface area contributed by atoms with Crippen molar-refractivity contribution in [3.8, 4) is 0 Å². The molecule has 0 bridgehead atoms. The minimum atomic E-state index is -4.03. The molecule has 3 aromatic carbocycles. The number of anilines is 1. The van der Waals surface area contributed by atoms with Crippen molar-refractivity contribution in [1.29, 1.82) is 0 Å². The van der Waals surface area contributed by atoms with E-state index >= 15 is 0 Å². The van der Waals surface area contributed by atoms with Crippen LogP contribution >= 0.6 is 11.6 Å². The second-order valence-electron chi connectivity index (χ2n) is 6.50. The highest BCUT2D eigenvalue weighted by atomic mass is 35.5. The van der Waals surface area contributed by atoms with E-state index in [0.29, 0.717) is 11.3 Å². The zero-order chi connectivity index (χ0) is 20.8. The molecule has 0 aliphatic carbocycles. The first kappa shape index (κ1) is 19.8. The Bertz CT molecular complexity index is 1200. The maximum absolute atomic E-state index is 13.9. The average molecular weight is 439 g/mol. The van der Waals surface area contributed by atoms with Crippen LogP contribution in [0.15, 0.2) is 65.6 Å². The van der Waals surface area contributed by atoms with Crippen LogP contribution in [0.25, 0.3) is 0 Å². The third-order valence-electron chi connectivity index (χ3n) is 4.65. The minimum absolute atomic E-state index is 0.0390. The number of benzene rings is 3. The lowest BCUT2D eigenvalue weighted by molar-refractivity contribution is 0.334. The molecule has 29 heavy (non-hydrogen) atoms. The summed E-state index contributed by atoms with van der Waals surface area (Å²) < 4.78 is 68.4. The summed E-state index contributed by atoms with van der Waals surface area (Å²) in [7, 11) is -4.03. The summed E-state index contributed by atoms with van der Waals surface area (Å²) in [5.74, 6) is -2.69. The molecule has 1 heterocycles. The van der Waals surface area contributed by atoms with Crippen molar-refractivity contribution in [3.63, 3.8) is 0 Å². The number of rotatable bonds is 3. The van der Waals surface area contributed by atoms with Gasteiger partial charge in [-0.15, -0.1) is 0 Å². The standard InChI is InChI=1S/C20H14ClF3N2O2S/c21-15-10-14(22)7-5-13(15)11-26-20(12-6-8-16(23)17(24)9-12)25-18-3-1-2-4-19(18)29(26,27)28/h1-10,20,25H,11H2/t20-/m1/s1. The molecular formula is C20H14ClF3N2O2S. The largest absolute Gasteiger partial charge is 0.364 e. The van der Waals surface area contributed by atoms with Gasteiger partial charge in [0.15, 0.2) is 11.6 Å². The summed E-state index contributed by atoms with van der Waals surface area (Å²) in [6.07, 6.45) is -1.02. The van der Waals surface area contributed by atoms with Crippen molar-refractivity contribution >= 4 is 27.3 Å². The molecule has 1 aliphatic heterocycles. The summed E-state index contributed by atoms with van der Waals surface area (Å²) in [5, 5.41) is 3.12. The number of nitrogens with one attached hydrogen (secondary N) is 1. The number of halogens is 4. The first-order chi connectivity index (χ1) is 13.8. The molecule has 4 rings (SSSR count). The summed E-state index contributed by atoms with van der Waals surface area (Å²) in [6.45, 7) is -0.202. The normalized spacial score (nSPS) is 18.1. The highest BCUT2D eigenvalue weighted by Gasteiger charge is 2.39. The summed E-state index contributed by atoms with van der Waals surface area (Å²) in [6, 6.07) is 13.1. The Morgan fingerprint density at radius 1 is 0.966 bits per heavy atom. The van der Waals surface area contributed by atoms with Gasteiger partial charge in [0.2, 0.25) is 10.0 Å².